The third-order valence-electron chi connectivity index (χ3n) is 5.66. The van der Waals surface area contributed by atoms with Crippen molar-refractivity contribution in [1.29, 1.82) is 0 Å². The molecule has 1 N–H and O–H groups in total. The molecule has 0 fully saturated rings. The van der Waals surface area contributed by atoms with Crippen LogP contribution in [0.5, 0.6) is 0 Å². The number of benzene rings is 3. The lowest BCUT2D eigenvalue weighted by Gasteiger charge is -2.18. The first-order chi connectivity index (χ1) is 16.7. The van der Waals surface area contributed by atoms with Crippen molar-refractivity contribution in [3.63, 3.8) is 0 Å². The second kappa shape index (κ2) is 9.58. The third kappa shape index (κ3) is 4.66. The molecule has 3 aromatic carbocycles. The van der Waals surface area contributed by atoms with E-state index in [9.17, 15) is 4.79 Å². The van der Waals surface area contributed by atoms with E-state index in [1.54, 1.807) is 23.3 Å². The Morgan fingerprint density at radius 1 is 0.941 bits per heavy atom. The van der Waals surface area contributed by atoms with Crippen molar-refractivity contribution in [3.8, 4) is 17.1 Å². The number of nitrogens with zero attached hydrogens (tertiary/aromatic N) is 3. The molecule has 168 valence electrons. The van der Waals surface area contributed by atoms with Gasteiger partial charge in [-0.2, -0.15) is 0 Å². The van der Waals surface area contributed by atoms with Gasteiger partial charge in [0, 0.05) is 0 Å². The molecular formula is C28H24N4O2. The standard InChI is InChI=1S/C28H24N4O2/c1-20-12-14-24(15-13-20)32-27(23-16-17-34-19-23)30-26(31-32)28(33)29-25(22-10-6-3-7-11-22)18-21-8-4-2-5-9-21/h2-17,19,25H,18H2,1H3,(H,29,33)/t25-/m1/s1. The van der Waals surface area contributed by atoms with E-state index in [1.165, 1.54) is 0 Å². The molecule has 0 spiro atoms. The highest BCUT2D eigenvalue weighted by molar-refractivity contribution is 5.91. The van der Waals surface area contributed by atoms with E-state index < -0.39 is 0 Å². The topological polar surface area (TPSA) is 73.0 Å². The summed E-state index contributed by atoms with van der Waals surface area (Å²) in [6, 6.07) is 29.5. The van der Waals surface area contributed by atoms with E-state index in [2.05, 4.69) is 27.5 Å². The predicted octanol–water partition coefficient (Wildman–Crippen LogP) is 5.55. The lowest BCUT2D eigenvalue weighted by molar-refractivity contribution is 0.0926. The summed E-state index contributed by atoms with van der Waals surface area (Å²) < 4.78 is 6.93. The number of nitrogens with one attached hydrogen (secondary N) is 1. The maximum Gasteiger partial charge on any atom is 0.291 e. The van der Waals surface area contributed by atoms with Gasteiger partial charge in [0.1, 0.15) is 6.26 Å². The van der Waals surface area contributed by atoms with Crippen LogP contribution < -0.4 is 5.32 Å². The Morgan fingerprint density at radius 2 is 1.65 bits per heavy atom. The zero-order valence-corrected chi connectivity index (χ0v) is 18.8. The molecule has 2 aromatic heterocycles. The first kappa shape index (κ1) is 21.4. The Bertz CT molecular complexity index is 1360. The summed E-state index contributed by atoms with van der Waals surface area (Å²) in [5.74, 6) is 0.313. The number of amides is 1. The Balaban J connectivity index is 1.48. The molecule has 5 aromatic rings. The van der Waals surface area contributed by atoms with E-state index in [0.717, 1.165) is 27.9 Å². The Hall–Kier alpha value is -4.45. The van der Waals surface area contributed by atoms with Crippen LogP contribution in [-0.2, 0) is 6.42 Å². The molecule has 0 saturated heterocycles. The number of carbonyl (C=O) groups excluding carboxylic acids is 1. The molecule has 0 aliphatic heterocycles. The van der Waals surface area contributed by atoms with Gasteiger partial charge in [0.25, 0.3) is 5.91 Å². The van der Waals surface area contributed by atoms with Crippen LogP contribution in [-0.4, -0.2) is 20.7 Å². The molecule has 5 rings (SSSR count). The number of rotatable bonds is 7. The Kier molecular flexibility index (Phi) is 6.03. The van der Waals surface area contributed by atoms with Gasteiger partial charge in [-0.15, -0.1) is 5.10 Å². The van der Waals surface area contributed by atoms with Crippen LogP contribution in [0.1, 0.15) is 33.4 Å². The number of aromatic nitrogens is 3. The smallest absolute Gasteiger partial charge is 0.291 e. The second-order valence-electron chi connectivity index (χ2n) is 8.14. The molecule has 34 heavy (non-hydrogen) atoms. The summed E-state index contributed by atoms with van der Waals surface area (Å²) in [6.07, 6.45) is 3.83. The van der Waals surface area contributed by atoms with Gasteiger partial charge in [-0.25, -0.2) is 9.67 Å². The maximum absolute atomic E-state index is 13.4. The van der Waals surface area contributed by atoms with Crippen molar-refractivity contribution in [2.75, 3.05) is 0 Å². The minimum absolute atomic E-state index is 0.103. The summed E-state index contributed by atoms with van der Waals surface area (Å²) in [7, 11) is 0. The monoisotopic (exact) mass is 448 g/mol. The average Bonchev–Trinajstić information content (AvgIpc) is 3.56. The molecule has 0 radical (unpaired) electrons. The molecular weight excluding hydrogens is 424 g/mol. The van der Waals surface area contributed by atoms with Crippen molar-refractivity contribution in [2.24, 2.45) is 0 Å². The van der Waals surface area contributed by atoms with Crippen molar-refractivity contribution in [1.82, 2.24) is 20.1 Å². The van der Waals surface area contributed by atoms with Gasteiger partial charge in [-0.1, -0.05) is 78.4 Å². The highest BCUT2D eigenvalue weighted by atomic mass is 16.3. The fraction of sp³-hybridized carbons (Fsp3) is 0.107. The fourth-order valence-electron chi connectivity index (χ4n) is 3.86. The quantitative estimate of drug-likeness (QED) is 0.354. The van der Waals surface area contributed by atoms with Gasteiger partial charge >= 0.3 is 0 Å². The molecule has 0 saturated carbocycles. The Morgan fingerprint density at radius 3 is 2.32 bits per heavy atom. The van der Waals surface area contributed by atoms with E-state index >= 15 is 0 Å². The van der Waals surface area contributed by atoms with Gasteiger partial charge in [-0.3, -0.25) is 4.79 Å². The molecule has 1 atom stereocenters. The van der Waals surface area contributed by atoms with Crippen LogP contribution in [0.25, 0.3) is 17.1 Å². The predicted molar refractivity (Wildman–Crippen MR) is 131 cm³/mol. The molecule has 0 aliphatic rings. The highest BCUT2D eigenvalue weighted by Gasteiger charge is 2.23. The van der Waals surface area contributed by atoms with Gasteiger partial charge in [0.2, 0.25) is 5.82 Å². The summed E-state index contributed by atoms with van der Waals surface area (Å²) >= 11 is 0. The van der Waals surface area contributed by atoms with Crippen molar-refractivity contribution in [2.45, 2.75) is 19.4 Å². The molecule has 0 unspecified atom stereocenters. The molecule has 2 heterocycles. The first-order valence-corrected chi connectivity index (χ1v) is 11.1. The fourth-order valence-corrected chi connectivity index (χ4v) is 3.86. The highest BCUT2D eigenvalue weighted by Crippen LogP contribution is 2.23. The van der Waals surface area contributed by atoms with Gasteiger partial charge in [0.05, 0.1) is 23.6 Å². The summed E-state index contributed by atoms with van der Waals surface area (Å²) in [4.78, 5) is 18.0. The van der Waals surface area contributed by atoms with Crippen molar-refractivity contribution < 1.29 is 9.21 Å². The minimum Gasteiger partial charge on any atom is -0.472 e. The van der Waals surface area contributed by atoms with Crippen molar-refractivity contribution >= 4 is 5.91 Å². The molecule has 0 bridgehead atoms. The van der Waals surface area contributed by atoms with E-state index in [0.29, 0.717) is 12.2 Å². The second-order valence-corrected chi connectivity index (χ2v) is 8.14. The first-order valence-electron chi connectivity index (χ1n) is 11.1. The summed E-state index contributed by atoms with van der Waals surface area (Å²) in [6.45, 7) is 2.03. The number of hydrogen-bond acceptors (Lipinski definition) is 4. The normalized spacial score (nSPS) is 11.8. The summed E-state index contributed by atoms with van der Waals surface area (Å²) in [5, 5.41) is 7.72. The van der Waals surface area contributed by atoms with Crippen molar-refractivity contribution in [3.05, 3.63) is 126 Å². The van der Waals surface area contributed by atoms with Crippen LogP contribution in [0.15, 0.2) is 108 Å². The van der Waals surface area contributed by atoms with Crippen LogP contribution in [0.4, 0.5) is 0 Å². The van der Waals surface area contributed by atoms with E-state index in [4.69, 9.17) is 4.42 Å². The molecule has 1 amide bonds. The number of hydrogen-bond donors (Lipinski definition) is 1. The van der Waals surface area contributed by atoms with E-state index in [1.807, 2.05) is 79.7 Å². The van der Waals surface area contributed by atoms with Crippen LogP contribution in [0.2, 0.25) is 0 Å². The SMILES string of the molecule is Cc1ccc(-n2nc(C(=O)N[C@H](Cc3ccccc3)c3ccccc3)nc2-c2ccoc2)cc1. The summed E-state index contributed by atoms with van der Waals surface area (Å²) in [5.41, 5.74) is 4.85. The van der Waals surface area contributed by atoms with Crippen LogP contribution in [0.3, 0.4) is 0 Å². The lowest BCUT2D eigenvalue weighted by atomic mass is 9.99. The largest absolute Gasteiger partial charge is 0.472 e. The lowest BCUT2D eigenvalue weighted by Crippen LogP contribution is -2.31. The molecule has 6 heteroatoms. The molecule has 6 nitrogen and oxygen atoms in total. The Labute approximate surface area is 197 Å². The number of carbonyl (C=O) groups is 1. The van der Waals surface area contributed by atoms with Crippen LogP contribution >= 0.6 is 0 Å². The zero-order chi connectivity index (χ0) is 23.3. The van der Waals surface area contributed by atoms with Gasteiger partial charge in [-0.05, 0) is 42.7 Å². The number of aryl methyl sites for hydroxylation is 1. The van der Waals surface area contributed by atoms with Crippen LogP contribution in [0, 0.1) is 6.92 Å². The zero-order valence-electron chi connectivity index (χ0n) is 18.8. The van der Waals surface area contributed by atoms with E-state index in [-0.39, 0.29) is 17.8 Å². The average molecular weight is 449 g/mol. The number of furan rings is 1. The van der Waals surface area contributed by atoms with Gasteiger partial charge < -0.3 is 9.73 Å². The van der Waals surface area contributed by atoms with Gasteiger partial charge in [0.15, 0.2) is 5.82 Å². The molecule has 0 aliphatic carbocycles. The maximum atomic E-state index is 13.4. The minimum atomic E-state index is -0.333. The third-order valence-corrected chi connectivity index (χ3v) is 5.66.